The van der Waals surface area contributed by atoms with Gasteiger partial charge in [0.15, 0.2) is 0 Å². The van der Waals surface area contributed by atoms with Crippen LogP contribution in [0.3, 0.4) is 0 Å². The first-order valence-corrected chi connectivity index (χ1v) is 12.0. The molecule has 0 bridgehead atoms. The second kappa shape index (κ2) is 10.3. The van der Waals surface area contributed by atoms with E-state index < -0.39 is 18.1 Å². The fraction of sp³-hybridized carbons (Fsp3) is 0.444. The molecule has 180 valence electrons. The van der Waals surface area contributed by atoms with E-state index in [-0.39, 0.29) is 36.2 Å². The fourth-order valence-electron chi connectivity index (χ4n) is 4.73. The number of carbonyl (C=O) groups is 3. The van der Waals surface area contributed by atoms with Crippen LogP contribution in [0.1, 0.15) is 50.2 Å². The Morgan fingerprint density at radius 2 is 1.68 bits per heavy atom. The van der Waals surface area contributed by atoms with Crippen molar-refractivity contribution in [3.8, 4) is 11.1 Å². The summed E-state index contributed by atoms with van der Waals surface area (Å²) in [7, 11) is 0. The monoisotopic (exact) mass is 464 g/mol. The number of alkyl carbamates (subject to hydrolysis) is 1. The summed E-state index contributed by atoms with van der Waals surface area (Å²) in [5.74, 6) is -1.33. The number of nitrogens with one attached hydrogen (secondary N) is 2. The molecule has 4 rings (SSSR count). The third kappa shape index (κ3) is 5.24. The van der Waals surface area contributed by atoms with Gasteiger partial charge in [0.2, 0.25) is 5.91 Å². The lowest BCUT2D eigenvalue weighted by Crippen LogP contribution is -2.43. The molecule has 2 amide bonds. The van der Waals surface area contributed by atoms with Crippen LogP contribution in [-0.2, 0) is 14.3 Å². The smallest absolute Gasteiger partial charge is 0.407 e. The number of amides is 2. The molecule has 0 saturated heterocycles. The Balaban J connectivity index is 1.24. The van der Waals surface area contributed by atoms with Crippen molar-refractivity contribution in [2.24, 2.45) is 17.8 Å². The van der Waals surface area contributed by atoms with Crippen LogP contribution < -0.4 is 10.6 Å². The third-order valence-electron chi connectivity index (χ3n) is 7.06. The molecule has 0 radical (unpaired) electrons. The summed E-state index contributed by atoms with van der Waals surface area (Å²) in [6.45, 7) is 4.54. The Morgan fingerprint density at radius 1 is 1.06 bits per heavy atom. The summed E-state index contributed by atoms with van der Waals surface area (Å²) >= 11 is 0. The number of fused-ring (bicyclic) bond motifs is 3. The van der Waals surface area contributed by atoms with Crippen molar-refractivity contribution in [3.63, 3.8) is 0 Å². The quantitative estimate of drug-likeness (QED) is 0.490. The molecule has 1 saturated carbocycles. The molecular weight excluding hydrogens is 432 g/mol. The predicted molar refractivity (Wildman–Crippen MR) is 128 cm³/mol. The third-order valence-corrected chi connectivity index (χ3v) is 7.06. The number of carboxylic acids is 1. The number of carboxylic acid groups (broad SMARTS) is 1. The van der Waals surface area contributed by atoms with Crippen molar-refractivity contribution in [1.82, 2.24) is 10.6 Å². The predicted octanol–water partition coefficient (Wildman–Crippen LogP) is 4.17. The van der Waals surface area contributed by atoms with Gasteiger partial charge >= 0.3 is 12.1 Å². The first kappa shape index (κ1) is 23.8. The summed E-state index contributed by atoms with van der Waals surface area (Å²) in [6.07, 6.45) is 1.39. The first-order valence-electron chi connectivity index (χ1n) is 12.0. The van der Waals surface area contributed by atoms with Crippen molar-refractivity contribution in [2.45, 2.75) is 45.1 Å². The van der Waals surface area contributed by atoms with Crippen LogP contribution >= 0.6 is 0 Å². The zero-order valence-electron chi connectivity index (χ0n) is 19.6. The number of hydrogen-bond donors (Lipinski definition) is 3. The molecule has 1 fully saturated rings. The summed E-state index contributed by atoms with van der Waals surface area (Å²) in [5.41, 5.74) is 4.65. The van der Waals surface area contributed by atoms with Crippen molar-refractivity contribution < 1.29 is 24.2 Å². The topological polar surface area (TPSA) is 105 Å². The SMILES string of the molecule is CCC(C)CC(NC(=O)[C@@H]1C[C@@H]1CNC(=O)OCC1c2ccccc2-c2ccccc21)C(=O)O. The number of rotatable bonds is 10. The maximum Gasteiger partial charge on any atom is 0.407 e. The summed E-state index contributed by atoms with van der Waals surface area (Å²) in [4.78, 5) is 36.3. The highest BCUT2D eigenvalue weighted by Gasteiger charge is 2.44. The Morgan fingerprint density at radius 3 is 2.26 bits per heavy atom. The van der Waals surface area contributed by atoms with Gasteiger partial charge in [-0.25, -0.2) is 9.59 Å². The van der Waals surface area contributed by atoms with Crippen LogP contribution in [0.4, 0.5) is 4.79 Å². The molecule has 2 aromatic carbocycles. The number of carbonyl (C=O) groups excluding carboxylic acids is 2. The van der Waals surface area contributed by atoms with Gasteiger partial charge in [0.1, 0.15) is 12.6 Å². The van der Waals surface area contributed by atoms with Gasteiger partial charge in [-0.3, -0.25) is 4.79 Å². The molecule has 4 atom stereocenters. The van der Waals surface area contributed by atoms with Gasteiger partial charge in [-0.15, -0.1) is 0 Å². The number of hydrogen-bond acceptors (Lipinski definition) is 4. The van der Waals surface area contributed by atoms with E-state index in [4.69, 9.17) is 4.74 Å². The molecule has 34 heavy (non-hydrogen) atoms. The van der Waals surface area contributed by atoms with E-state index in [0.29, 0.717) is 19.4 Å². The van der Waals surface area contributed by atoms with Gasteiger partial charge in [-0.2, -0.15) is 0 Å². The molecule has 2 unspecified atom stereocenters. The minimum Gasteiger partial charge on any atom is -0.480 e. The van der Waals surface area contributed by atoms with Gasteiger partial charge in [0.25, 0.3) is 0 Å². The van der Waals surface area contributed by atoms with Crippen molar-refractivity contribution in [3.05, 3.63) is 59.7 Å². The average molecular weight is 465 g/mol. The minimum atomic E-state index is -1.01. The highest BCUT2D eigenvalue weighted by atomic mass is 16.5. The Hall–Kier alpha value is -3.35. The lowest BCUT2D eigenvalue weighted by Gasteiger charge is -2.18. The van der Waals surface area contributed by atoms with Gasteiger partial charge in [-0.05, 0) is 46.9 Å². The molecule has 0 heterocycles. The molecule has 3 N–H and O–H groups in total. The average Bonchev–Trinajstić information content (AvgIpc) is 3.56. The van der Waals surface area contributed by atoms with Crippen LogP contribution in [-0.4, -0.2) is 42.3 Å². The largest absolute Gasteiger partial charge is 0.480 e. The Labute approximate surface area is 199 Å². The van der Waals surface area contributed by atoms with Crippen molar-refractivity contribution in [2.75, 3.05) is 13.2 Å². The highest BCUT2D eigenvalue weighted by Crippen LogP contribution is 2.44. The van der Waals surface area contributed by atoms with Gasteiger partial charge in [0, 0.05) is 18.4 Å². The van der Waals surface area contributed by atoms with Crippen LogP contribution in [0, 0.1) is 17.8 Å². The fourth-order valence-corrected chi connectivity index (χ4v) is 4.73. The first-order chi connectivity index (χ1) is 16.4. The van der Waals surface area contributed by atoms with E-state index in [1.807, 2.05) is 38.1 Å². The zero-order chi connectivity index (χ0) is 24.2. The summed E-state index contributed by atoms with van der Waals surface area (Å²) in [5, 5.41) is 14.8. The van der Waals surface area contributed by atoms with Crippen LogP contribution in [0.5, 0.6) is 0 Å². The second-order valence-electron chi connectivity index (χ2n) is 9.46. The van der Waals surface area contributed by atoms with Crippen LogP contribution in [0.15, 0.2) is 48.5 Å². The molecule has 0 spiro atoms. The minimum absolute atomic E-state index is 0.00136. The summed E-state index contributed by atoms with van der Waals surface area (Å²) in [6, 6.07) is 15.4. The Kier molecular flexibility index (Phi) is 7.20. The lowest BCUT2D eigenvalue weighted by atomic mass is 9.98. The number of benzene rings is 2. The molecular formula is C27H32N2O5. The molecule has 7 heteroatoms. The Bertz CT molecular complexity index is 1020. The standard InChI is InChI=1S/C27H32N2O5/c1-3-16(2)12-24(26(31)32)29-25(30)22-13-17(22)14-28-27(33)34-15-23-20-10-6-4-8-18(20)19-9-5-7-11-21(19)23/h4-11,16-17,22-24H,3,12-15H2,1-2H3,(H,28,33)(H,29,30)(H,31,32)/t16?,17-,22-,24?/m1/s1. The normalized spacial score (nSPS) is 19.9. The van der Waals surface area contributed by atoms with Crippen molar-refractivity contribution in [1.29, 1.82) is 0 Å². The van der Waals surface area contributed by atoms with E-state index >= 15 is 0 Å². The lowest BCUT2D eigenvalue weighted by molar-refractivity contribution is -0.142. The van der Waals surface area contributed by atoms with Crippen molar-refractivity contribution >= 4 is 18.0 Å². The maximum absolute atomic E-state index is 12.5. The van der Waals surface area contributed by atoms with E-state index in [9.17, 15) is 19.5 Å². The molecule has 0 aromatic heterocycles. The van der Waals surface area contributed by atoms with Crippen LogP contribution in [0.25, 0.3) is 11.1 Å². The van der Waals surface area contributed by atoms with E-state index in [0.717, 1.165) is 17.5 Å². The van der Waals surface area contributed by atoms with Crippen LogP contribution in [0.2, 0.25) is 0 Å². The second-order valence-corrected chi connectivity index (χ2v) is 9.46. The number of aliphatic carboxylic acids is 1. The molecule has 2 aromatic rings. The van der Waals surface area contributed by atoms with Gasteiger partial charge < -0.3 is 20.5 Å². The number of ether oxygens (including phenoxy) is 1. The zero-order valence-corrected chi connectivity index (χ0v) is 19.6. The van der Waals surface area contributed by atoms with E-state index in [2.05, 4.69) is 34.9 Å². The van der Waals surface area contributed by atoms with E-state index in [1.54, 1.807) is 0 Å². The molecule has 2 aliphatic carbocycles. The van der Waals surface area contributed by atoms with E-state index in [1.165, 1.54) is 11.1 Å². The highest BCUT2D eigenvalue weighted by molar-refractivity contribution is 5.86. The maximum atomic E-state index is 12.5. The molecule has 2 aliphatic rings. The summed E-state index contributed by atoms with van der Waals surface area (Å²) < 4.78 is 5.54. The molecule has 7 nitrogen and oxygen atoms in total. The molecule has 0 aliphatic heterocycles. The van der Waals surface area contributed by atoms with Gasteiger partial charge in [0.05, 0.1) is 0 Å². The van der Waals surface area contributed by atoms with Gasteiger partial charge in [-0.1, -0.05) is 68.8 Å².